The van der Waals surface area contributed by atoms with Crippen LogP contribution < -0.4 is 9.64 Å². The summed E-state index contributed by atoms with van der Waals surface area (Å²) in [6, 6.07) is 4.73. The summed E-state index contributed by atoms with van der Waals surface area (Å²) in [6.45, 7) is 2.21. The van der Waals surface area contributed by atoms with Gasteiger partial charge < -0.3 is 19.8 Å². The Labute approximate surface area is 198 Å². The van der Waals surface area contributed by atoms with Gasteiger partial charge in [-0.05, 0) is 53.8 Å². The highest BCUT2D eigenvalue weighted by atomic mass is 19.1. The minimum Gasteiger partial charge on any atom is -0.508 e. The van der Waals surface area contributed by atoms with Gasteiger partial charge in [0.15, 0.2) is 5.82 Å². The predicted molar refractivity (Wildman–Crippen MR) is 126 cm³/mol. The molecule has 2 aromatic heterocycles. The van der Waals surface area contributed by atoms with E-state index in [4.69, 9.17) is 4.74 Å². The number of aliphatic carboxylic acids is 1. The van der Waals surface area contributed by atoms with Crippen LogP contribution in [0.3, 0.4) is 0 Å². The van der Waals surface area contributed by atoms with Gasteiger partial charge in [-0.3, -0.25) is 4.98 Å². The number of nitrogens with zero attached hydrogens (tertiary/aromatic N) is 4. The second kappa shape index (κ2) is 8.61. The quantitative estimate of drug-likeness (QED) is 0.431. The number of hydrogen-bond acceptors (Lipinski definition) is 7. The SMILES string of the molecule is CCc1c(F)ccc2cc(O)cc(-c3ncc4c(N5CCC[C@H]5C(=O)O)nc(OC)nc4c3F)c12. The highest BCUT2D eigenvalue weighted by molar-refractivity contribution is 6.02. The molecule has 1 aliphatic rings. The van der Waals surface area contributed by atoms with Crippen LogP contribution in [0.5, 0.6) is 11.8 Å². The molecule has 1 aliphatic heterocycles. The molecule has 1 fully saturated rings. The smallest absolute Gasteiger partial charge is 0.326 e. The largest absolute Gasteiger partial charge is 0.508 e. The van der Waals surface area contributed by atoms with Crippen LogP contribution >= 0.6 is 0 Å². The predicted octanol–water partition coefficient (Wildman–Crippen LogP) is 4.45. The number of fused-ring (bicyclic) bond motifs is 2. The lowest BCUT2D eigenvalue weighted by Crippen LogP contribution is -2.36. The first kappa shape index (κ1) is 22.7. The fourth-order valence-electron chi connectivity index (χ4n) is 4.83. The Morgan fingerprint density at radius 1 is 1.26 bits per heavy atom. The van der Waals surface area contributed by atoms with E-state index in [9.17, 15) is 19.4 Å². The number of methoxy groups -OCH3 is 1. The van der Waals surface area contributed by atoms with Crippen LogP contribution in [-0.2, 0) is 11.2 Å². The topological polar surface area (TPSA) is 109 Å². The molecule has 1 atom stereocenters. The number of ether oxygens (including phenoxy) is 1. The van der Waals surface area contributed by atoms with Gasteiger partial charge in [-0.25, -0.2) is 13.6 Å². The van der Waals surface area contributed by atoms with Gasteiger partial charge in [0.2, 0.25) is 0 Å². The summed E-state index contributed by atoms with van der Waals surface area (Å²) in [6.07, 6.45) is 2.79. The highest BCUT2D eigenvalue weighted by Gasteiger charge is 2.34. The molecule has 0 radical (unpaired) electrons. The zero-order chi connectivity index (χ0) is 24.9. The van der Waals surface area contributed by atoms with Gasteiger partial charge in [-0.1, -0.05) is 13.0 Å². The molecule has 2 N–H and O–H groups in total. The third kappa shape index (κ3) is 3.65. The van der Waals surface area contributed by atoms with Crippen LogP contribution in [0.2, 0.25) is 0 Å². The van der Waals surface area contributed by atoms with Gasteiger partial charge in [-0.15, -0.1) is 0 Å². The van der Waals surface area contributed by atoms with E-state index in [0.29, 0.717) is 42.1 Å². The Morgan fingerprint density at radius 3 is 2.77 bits per heavy atom. The fourth-order valence-corrected chi connectivity index (χ4v) is 4.83. The van der Waals surface area contributed by atoms with E-state index in [1.54, 1.807) is 11.8 Å². The van der Waals surface area contributed by atoms with Crippen LogP contribution in [0.1, 0.15) is 25.3 Å². The third-order valence-electron chi connectivity index (χ3n) is 6.40. The van der Waals surface area contributed by atoms with E-state index in [1.165, 1.54) is 37.6 Å². The maximum atomic E-state index is 16.1. The average Bonchev–Trinajstić information content (AvgIpc) is 3.34. The number of pyridine rings is 1. The number of rotatable bonds is 5. The van der Waals surface area contributed by atoms with Crippen molar-refractivity contribution >= 4 is 33.5 Å². The molecule has 0 unspecified atom stereocenters. The van der Waals surface area contributed by atoms with Gasteiger partial charge in [0.25, 0.3) is 0 Å². The van der Waals surface area contributed by atoms with Gasteiger partial charge >= 0.3 is 12.0 Å². The molecule has 0 spiro atoms. The van der Waals surface area contributed by atoms with Gasteiger partial charge in [-0.2, -0.15) is 9.97 Å². The van der Waals surface area contributed by atoms with Crippen LogP contribution in [0.4, 0.5) is 14.6 Å². The first-order valence-corrected chi connectivity index (χ1v) is 11.2. The van der Waals surface area contributed by atoms with Crippen molar-refractivity contribution in [2.45, 2.75) is 32.2 Å². The van der Waals surface area contributed by atoms with Crippen molar-refractivity contribution < 1.29 is 28.5 Å². The summed E-state index contributed by atoms with van der Waals surface area (Å²) < 4.78 is 35.9. The van der Waals surface area contributed by atoms with Crippen molar-refractivity contribution in [3.8, 4) is 23.0 Å². The Kier molecular flexibility index (Phi) is 5.58. The van der Waals surface area contributed by atoms with Crippen molar-refractivity contribution in [2.75, 3.05) is 18.6 Å². The molecular weight excluding hydrogens is 458 g/mol. The second-order valence-corrected chi connectivity index (χ2v) is 8.38. The summed E-state index contributed by atoms with van der Waals surface area (Å²) in [7, 11) is 1.34. The van der Waals surface area contributed by atoms with Crippen molar-refractivity contribution in [3.05, 3.63) is 47.7 Å². The molecule has 10 heteroatoms. The number of carboxylic acid groups (broad SMARTS) is 1. The number of benzene rings is 2. The van der Waals surface area contributed by atoms with Crippen LogP contribution in [0, 0.1) is 11.6 Å². The number of anilines is 1. The van der Waals surface area contributed by atoms with Gasteiger partial charge in [0, 0.05) is 18.3 Å². The molecule has 0 bridgehead atoms. The second-order valence-electron chi connectivity index (χ2n) is 8.38. The molecule has 2 aromatic carbocycles. The highest BCUT2D eigenvalue weighted by Crippen LogP contribution is 2.39. The average molecular weight is 480 g/mol. The maximum Gasteiger partial charge on any atom is 0.326 e. The standard InChI is InChI=1S/C25H22F2N4O4/c1-3-14-17(26)7-6-12-9-13(32)10-15(19(12)14)21-20(27)22-16(11-28-21)23(30-25(29-22)35-2)31-8-4-5-18(31)24(33)34/h6-7,9-11,18,32H,3-5,8H2,1-2H3,(H,33,34)/t18-/m0/s1. The Morgan fingerprint density at radius 2 is 2.06 bits per heavy atom. The van der Waals surface area contributed by atoms with Crippen LogP contribution in [-0.4, -0.2) is 50.8 Å². The Bertz CT molecular complexity index is 1490. The molecule has 4 aromatic rings. The molecular formula is C25H22F2N4O4. The number of hydrogen-bond donors (Lipinski definition) is 2. The molecule has 5 rings (SSSR count). The molecule has 1 saturated heterocycles. The van der Waals surface area contributed by atoms with E-state index in [2.05, 4.69) is 15.0 Å². The van der Waals surface area contributed by atoms with Crippen molar-refractivity contribution in [3.63, 3.8) is 0 Å². The third-order valence-corrected chi connectivity index (χ3v) is 6.40. The number of carbonyl (C=O) groups is 1. The molecule has 3 heterocycles. The first-order valence-electron chi connectivity index (χ1n) is 11.2. The summed E-state index contributed by atoms with van der Waals surface area (Å²) in [4.78, 5) is 26.2. The van der Waals surface area contributed by atoms with E-state index >= 15 is 4.39 Å². The number of aromatic hydroxyl groups is 1. The van der Waals surface area contributed by atoms with Gasteiger partial charge in [0.1, 0.15) is 34.6 Å². The summed E-state index contributed by atoms with van der Waals surface area (Å²) in [5.41, 5.74) is 0.362. The first-order chi connectivity index (χ1) is 16.8. The molecule has 35 heavy (non-hydrogen) atoms. The summed E-state index contributed by atoms with van der Waals surface area (Å²) in [5, 5.41) is 21.2. The molecule has 180 valence electrons. The Hall–Kier alpha value is -4.08. The fraction of sp³-hybridized carbons (Fsp3) is 0.280. The molecule has 0 aliphatic carbocycles. The molecule has 0 amide bonds. The number of phenols is 1. The van der Waals surface area contributed by atoms with E-state index in [0.717, 1.165) is 0 Å². The number of aromatic nitrogens is 3. The minimum absolute atomic E-state index is 0.112. The monoisotopic (exact) mass is 480 g/mol. The van der Waals surface area contributed by atoms with Crippen molar-refractivity contribution in [2.24, 2.45) is 0 Å². The van der Waals surface area contributed by atoms with Gasteiger partial charge in [0.05, 0.1) is 12.5 Å². The summed E-state index contributed by atoms with van der Waals surface area (Å²) >= 11 is 0. The van der Waals surface area contributed by atoms with Crippen molar-refractivity contribution in [1.82, 2.24) is 15.0 Å². The van der Waals surface area contributed by atoms with Crippen LogP contribution in [0.15, 0.2) is 30.5 Å². The lowest BCUT2D eigenvalue weighted by atomic mass is 9.94. The normalized spacial score (nSPS) is 15.8. The lowest BCUT2D eigenvalue weighted by molar-refractivity contribution is -0.138. The number of aryl methyl sites for hydroxylation is 1. The maximum absolute atomic E-state index is 16.1. The summed E-state index contributed by atoms with van der Waals surface area (Å²) in [5.74, 6) is -2.15. The lowest BCUT2D eigenvalue weighted by Gasteiger charge is -2.24. The molecule has 0 saturated carbocycles. The zero-order valence-electron chi connectivity index (χ0n) is 19.0. The van der Waals surface area contributed by atoms with E-state index < -0.39 is 23.6 Å². The van der Waals surface area contributed by atoms with Crippen molar-refractivity contribution in [1.29, 1.82) is 0 Å². The zero-order valence-corrected chi connectivity index (χ0v) is 19.0. The Balaban J connectivity index is 1.80. The number of halogens is 2. The number of carboxylic acids is 1. The van der Waals surface area contributed by atoms with E-state index in [-0.39, 0.29) is 39.7 Å². The van der Waals surface area contributed by atoms with Crippen LogP contribution in [0.25, 0.3) is 32.9 Å². The number of phenolic OH excluding ortho intramolecular Hbond substituents is 1. The minimum atomic E-state index is -1.00. The van der Waals surface area contributed by atoms with E-state index in [1.807, 2.05) is 0 Å². The molecule has 8 nitrogen and oxygen atoms in total.